The van der Waals surface area contributed by atoms with Crippen molar-refractivity contribution in [2.75, 3.05) is 26.2 Å². The fourth-order valence-electron chi connectivity index (χ4n) is 3.72. The number of carbonyl (C=O) groups is 1. The summed E-state index contributed by atoms with van der Waals surface area (Å²) < 4.78 is 7.45. The summed E-state index contributed by atoms with van der Waals surface area (Å²) in [5.74, 6) is -0.372. The maximum absolute atomic E-state index is 13.0. The van der Waals surface area contributed by atoms with Crippen LogP contribution < -0.4 is 0 Å². The number of benzene rings is 2. The van der Waals surface area contributed by atoms with Crippen LogP contribution >= 0.6 is 23.2 Å². The summed E-state index contributed by atoms with van der Waals surface area (Å²) in [6.45, 7) is 9.72. The molecular weight excluding hydrogens is 407 g/mol. The van der Waals surface area contributed by atoms with Crippen LogP contribution in [-0.4, -0.2) is 41.7 Å². The standard InChI is InChI=1S/C23H26Cl2N2O2/c1-4-26(5-2)12-13-27-21(16-10-8-7-9-11-16)18-14-17(24)15-19(25)20(18)22(27)23(28)29-6-3/h7-11,14-15H,4-6,12-13H2,1-3H3. The number of halogens is 2. The van der Waals surface area contributed by atoms with E-state index in [1.54, 1.807) is 13.0 Å². The molecule has 0 spiro atoms. The number of rotatable bonds is 8. The first-order valence-electron chi connectivity index (χ1n) is 9.97. The molecule has 0 unspecified atom stereocenters. The van der Waals surface area contributed by atoms with Crippen molar-refractivity contribution in [1.29, 1.82) is 0 Å². The first-order valence-corrected chi connectivity index (χ1v) is 10.7. The van der Waals surface area contributed by atoms with Crippen molar-refractivity contribution in [3.05, 3.63) is 58.2 Å². The third kappa shape index (κ3) is 4.45. The number of fused-ring (bicyclic) bond motifs is 1. The molecule has 3 rings (SSSR count). The van der Waals surface area contributed by atoms with Gasteiger partial charge < -0.3 is 14.2 Å². The number of aromatic nitrogens is 1. The van der Waals surface area contributed by atoms with E-state index in [1.807, 2.05) is 41.0 Å². The number of esters is 1. The minimum absolute atomic E-state index is 0.299. The highest BCUT2D eigenvalue weighted by molar-refractivity contribution is 6.40. The van der Waals surface area contributed by atoms with Crippen LogP contribution in [0.25, 0.3) is 22.0 Å². The van der Waals surface area contributed by atoms with Crippen molar-refractivity contribution in [2.45, 2.75) is 27.3 Å². The van der Waals surface area contributed by atoms with E-state index < -0.39 is 0 Å². The summed E-state index contributed by atoms with van der Waals surface area (Å²) in [6.07, 6.45) is 0. The molecule has 3 aromatic rings. The minimum Gasteiger partial charge on any atom is -0.461 e. The van der Waals surface area contributed by atoms with Gasteiger partial charge in [0.05, 0.1) is 17.3 Å². The normalized spacial score (nSPS) is 11.4. The molecular formula is C23H26Cl2N2O2. The maximum Gasteiger partial charge on any atom is 0.355 e. The van der Waals surface area contributed by atoms with Gasteiger partial charge in [0.25, 0.3) is 0 Å². The summed E-state index contributed by atoms with van der Waals surface area (Å²) in [6, 6.07) is 13.6. The second-order valence-electron chi connectivity index (χ2n) is 6.77. The summed E-state index contributed by atoms with van der Waals surface area (Å²) in [4.78, 5) is 15.3. The largest absolute Gasteiger partial charge is 0.461 e. The van der Waals surface area contributed by atoms with Gasteiger partial charge in [-0.3, -0.25) is 0 Å². The monoisotopic (exact) mass is 432 g/mol. The van der Waals surface area contributed by atoms with E-state index in [4.69, 9.17) is 27.9 Å². The molecule has 0 saturated carbocycles. The molecule has 0 atom stereocenters. The van der Waals surface area contributed by atoms with E-state index >= 15 is 0 Å². The van der Waals surface area contributed by atoms with Crippen LogP contribution in [0.1, 0.15) is 31.3 Å². The van der Waals surface area contributed by atoms with Crippen molar-refractivity contribution in [3.63, 3.8) is 0 Å². The van der Waals surface area contributed by atoms with Gasteiger partial charge in [0.1, 0.15) is 5.69 Å². The van der Waals surface area contributed by atoms with Crippen LogP contribution in [0.2, 0.25) is 10.0 Å². The van der Waals surface area contributed by atoms with E-state index in [1.165, 1.54) is 0 Å². The Labute approximate surface area is 182 Å². The molecule has 6 heteroatoms. The second-order valence-corrected chi connectivity index (χ2v) is 7.62. The lowest BCUT2D eigenvalue weighted by Crippen LogP contribution is -2.28. The minimum atomic E-state index is -0.372. The highest BCUT2D eigenvalue weighted by Gasteiger charge is 2.26. The molecule has 29 heavy (non-hydrogen) atoms. The fourth-order valence-corrected chi connectivity index (χ4v) is 4.30. The van der Waals surface area contributed by atoms with E-state index in [0.29, 0.717) is 34.3 Å². The Morgan fingerprint density at radius 2 is 1.76 bits per heavy atom. The Hall–Kier alpha value is -2.01. The van der Waals surface area contributed by atoms with Gasteiger partial charge in [-0.15, -0.1) is 0 Å². The summed E-state index contributed by atoms with van der Waals surface area (Å²) in [5.41, 5.74) is 2.42. The number of hydrogen-bond acceptors (Lipinski definition) is 3. The number of carbonyl (C=O) groups excluding carboxylic acids is 1. The molecule has 0 aliphatic carbocycles. The third-order valence-corrected chi connectivity index (χ3v) is 5.65. The zero-order valence-corrected chi connectivity index (χ0v) is 18.6. The van der Waals surface area contributed by atoms with Crippen molar-refractivity contribution in [1.82, 2.24) is 9.47 Å². The van der Waals surface area contributed by atoms with Crippen molar-refractivity contribution >= 4 is 39.9 Å². The lowest BCUT2D eigenvalue weighted by Gasteiger charge is -2.20. The molecule has 1 heterocycles. The van der Waals surface area contributed by atoms with Crippen molar-refractivity contribution < 1.29 is 9.53 Å². The Morgan fingerprint density at radius 3 is 2.38 bits per heavy atom. The van der Waals surface area contributed by atoms with E-state index in [9.17, 15) is 4.79 Å². The molecule has 0 aliphatic heterocycles. The lowest BCUT2D eigenvalue weighted by atomic mass is 10.1. The average Bonchev–Trinajstić information content (AvgIpc) is 3.04. The van der Waals surface area contributed by atoms with Gasteiger partial charge >= 0.3 is 5.97 Å². The Bertz CT molecular complexity index is 995. The molecule has 0 fully saturated rings. The quantitative estimate of drug-likeness (QED) is 0.401. The van der Waals surface area contributed by atoms with Gasteiger partial charge in [-0.2, -0.15) is 0 Å². The molecule has 0 aliphatic rings. The van der Waals surface area contributed by atoms with Gasteiger partial charge in [0.15, 0.2) is 0 Å². The smallest absolute Gasteiger partial charge is 0.355 e. The molecule has 1 aromatic heterocycles. The highest BCUT2D eigenvalue weighted by Crippen LogP contribution is 2.40. The van der Waals surface area contributed by atoms with Crippen LogP contribution in [0.3, 0.4) is 0 Å². The molecule has 0 bridgehead atoms. The van der Waals surface area contributed by atoms with E-state index in [0.717, 1.165) is 36.3 Å². The average molecular weight is 433 g/mol. The molecule has 0 amide bonds. The number of hydrogen-bond donors (Lipinski definition) is 0. The highest BCUT2D eigenvalue weighted by atomic mass is 35.5. The zero-order chi connectivity index (χ0) is 21.0. The van der Waals surface area contributed by atoms with Gasteiger partial charge in [-0.25, -0.2) is 4.79 Å². The number of ether oxygens (including phenoxy) is 1. The lowest BCUT2D eigenvalue weighted by molar-refractivity contribution is 0.0515. The molecule has 2 aromatic carbocycles. The van der Waals surface area contributed by atoms with Gasteiger partial charge in [-0.1, -0.05) is 67.4 Å². The molecule has 0 N–H and O–H groups in total. The van der Waals surface area contributed by atoms with Crippen LogP contribution in [0.4, 0.5) is 0 Å². The predicted molar refractivity (Wildman–Crippen MR) is 121 cm³/mol. The van der Waals surface area contributed by atoms with Gasteiger partial charge in [0.2, 0.25) is 0 Å². The van der Waals surface area contributed by atoms with Crippen molar-refractivity contribution in [2.24, 2.45) is 0 Å². The number of nitrogens with zero attached hydrogens (tertiary/aromatic N) is 2. The first-order chi connectivity index (χ1) is 14.0. The van der Waals surface area contributed by atoms with Crippen LogP contribution in [0.15, 0.2) is 42.5 Å². The van der Waals surface area contributed by atoms with Gasteiger partial charge in [0, 0.05) is 28.9 Å². The summed E-state index contributed by atoms with van der Waals surface area (Å²) >= 11 is 12.9. The number of likely N-dealkylation sites (N-methyl/N-ethyl adjacent to an activating group) is 1. The van der Waals surface area contributed by atoms with Crippen molar-refractivity contribution in [3.8, 4) is 11.3 Å². The predicted octanol–water partition coefficient (Wildman–Crippen LogP) is 6.13. The SMILES string of the molecule is CCOC(=O)c1c2c(Cl)cc(Cl)cc2c(-c2ccccc2)n1CCN(CC)CC. The maximum atomic E-state index is 13.0. The van der Waals surface area contributed by atoms with Crippen LogP contribution in [0.5, 0.6) is 0 Å². The molecule has 0 radical (unpaired) electrons. The second kappa shape index (κ2) is 9.66. The summed E-state index contributed by atoms with van der Waals surface area (Å²) in [5, 5.41) is 2.54. The van der Waals surface area contributed by atoms with Gasteiger partial charge in [-0.05, 0) is 37.7 Å². The Kier molecular flexibility index (Phi) is 7.23. The zero-order valence-electron chi connectivity index (χ0n) is 17.0. The Balaban J connectivity index is 2.31. The summed E-state index contributed by atoms with van der Waals surface area (Å²) in [7, 11) is 0. The molecule has 0 saturated heterocycles. The first kappa shape index (κ1) is 21.7. The third-order valence-electron chi connectivity index (χ3n) is 5.14. The fraction of sp³-hybridized carbons (Fsp3) is 0.348. The van der Waals surface area contributed by atoms with E-state index in [-0.39, 0.29) is 5.97 Å². The Morgan fingerprint density at radius 1 is 1.07 bits per heavy atom. The van der Waals surface area contributed by atoms with Crippen LogP contribution in [0, 0.1) is 0 Å². The molecule has 154 valence electrons. The topological polar surface area (TPSA) is 34.5 Å². The van der Waals surface area contributed by atoms with E-state index in [2.05, 4.69) is 18.7 Å². The van der Waals surface area contributed by atoms with Crippen LogP contribution in [-0.2, 0) is 11.3 Å². The molecule has 4 nitrogen and oxygen atoms in total.